The standard InChI is InChI=1S/C22H17FN4O4/c1-30-19-8-5-13(10-20(19)31-2)16-12-27(21-15(16)4-3-9-24-21)22(28)25-14-6-7-17(23)18(11-14)26-29/h3-12H,1-2H3,(H,25,28). The Hall–Kier alpha value is -4.27. The lowest BCUT2D eigenvalue weighted by molar-refractivity contribution is 0.254. The fourth-order valence-corrected chi connectivity index (χ4v) is 3.29. The van der Waals surface area contributed by atoms with E-state index in [1.807, 2.05) is 18.2 Å². The number of rotatable bonds is 5. The predicted octanol–water partition coefficient (Wildman–Crippen LogP) is 5.34. The number of nitrogens with one attached hydrogen (secondary N) is 1. The first-order valence-corrected chi connectivity index (χ1v) is 9.18. The first kappa shape index (κ1) is 20.0. The minimum atomic E-state index is -0.767. The molecule has 4 rings (SSSR count). The molecule has 0 aliphatic rings. The largest absolute Gasteiger partial charge is 0.493 e. The van der Waals surface area contributed by atoms with Crippen LogP contribution in [0.25, 0.3) is 22.2 Å². The van der Waals surface area contributed by atoms with Crippen molar-refractivity contribution in [3.8, 4) is 22.6 Å². The van der Waals surface area contributed by atoms with Gasteiger partial charge in [-0.2, -0.15) is 0 Å². The number of hydrogen-bond acceptors (Lipinski definition) is 6. The maximum Gasteiger partial charge on any atom is 0.331 e. The van der Waals surface area contributed by atoms with E-state index >= 15 is 0 Å². The Balaban J connectivity index is 1.77. The molecule has 31 heavy (non-hydrogen) atoms. The number of fused-ring (bicyclic) bond motifs is 1. The number of ether oxygens (including phenoxy) is 2. The zero-order chi connectivity index (χ0) is 22.0. The molecule has 4 aromatic rings. The molecule has 0 spiro atoms. The second-order valence-electron chi connectivity index (χ2n) is 6.54. The van der Waals surface area contributed by atoms with E-state index in [-0.39, 0.29) is 11.4 Å². The molecule has 1 N–H and O–H groups in total. The summed E-state index contributed by atoms with van der Waals surface area (Å²) in [5.41, 5.74) is 1.83. The number of hydrogen-bond donors (Lipinski definition) is 1. The molecule has 0 saturated heterocycles. The summed E-state index contributed by atoms with van der Waals surface area (Å²) in [6.07, 6.45) is 3.23. The van der Waals surface area contributed by atoms with Crippen molar-refractivity contribution in [2.75, 3.05) is 19.5 Å². The molecular formula is C22H17FN4O4. The van der Waals surface area contributed by atoms with E-state index in [1.165, 1.54) is 10.6 Å². The highest BCUT2D eigenvalue weighted by Crippen LogP contribution is 2.36. The molecule has 0 fully saturated rings. The Bertz CT molecular complexity index is 1300. The maximum atomic E-state index is 13.5. The molecule has 0 saturated carbocycles. The van der Waals surface area contributed by atoms with Crippen molar-refractivity contribution in [2.24, 2.45) is 5.18 Å². The summed E-state index contributed by atoms with van der Waals surface area (Å²) in [5.74, 6) is 0.369. The molecule has 156 valence electrons. The summed E-state index contributed by atoms with van der Waals surface area (Å²) in [7, 11) is 3.10. The number of halogens is 1. The van der Waals surface area contributed by atoms with Gasteiger partial charge in [0, 0.05) is 29.0 Å². The Morgan fingerprint density at radius 3 is 2.65 bits per heavy atom. The lowest BCUT2D eigenvalue weighted by Gasteiger charge is -2.09. The SMILES string of the molecule is COc1ccc(-c2cn(C(=O)Nc3ccc(F)c(N=O)c3)c3ncccc23)cc1OC. The van der Waals surface area contributed by atoms with Crippen LogP contribution < -0.4 is 14.8 Å². The van der Waals surface area contributed by atoms with Crippen LogP contribution in [0.4, 0.5) is 20.6 Å². The molecule has 2 heterocycles. The third-order valence-corrected chi connectivity index (χ3v) is 4.77. The van der Waals surface area contributed by atoms with E-state index in [0.29, 0.717) is 17.1 Å². The number of benzene rings is 2. The second-order valence-corrected chi connectivity index (χ2v) is 6.54. The number of anilines is 1. The zero-order valence-corrected chi connectivity index (χ0v) is 16.6. The average molecular weight is 420 g/mol. The number of methoxy groups -OCH3 is 2. The lowest BCUT2D eigenvalue weighted by atomic mass is 10.1. The summed E-state index contributed by atoms with van der Waals surface area (Å²) in [4.78, 5) is 28.0. The highest BCUT2D eigenvalue weighted by atomic mass is 19.1. The summed E-state index contributed by atoms with van der Waals surface area (Å²) in [5, 5.41) is 6.00. The molecule has 0 bridgehead atoms. The molecule has 0 atom stereocenters. The predicted molar refractivity (Wildman–Crippen MR) is 115 cm³/mol. The molecule has 2 aromatic carbocycles. The molecule has 9 heteroatoms. The molecule has 0 aliphatic carbocycles. The van der Waals surface area contributed by atoms with Crippen LogP contribution in [0, 0.1) is 10.7 Å². The van der Waals surface area contributed by atoms with Gasteiger partial charge in [0.25, 0.3) is 0 Å². The third-order valence-electron chi connectivity index (χ3n) is 4.77. The van der Waals surface area contributed by atoms with Gasteiger partial charge < -0.3 is 14.8 Å². The minimum Gasteiger partial charge on any atom is -0.493 e. The van der Waals surface area contributed by atoms with E-state index < -0.39 is 11.8 Å². The van der Waals surface area contributed by atoms with Gasteiger partial charge >= 0.3 is 6.03 Å². The van der Waals surface area contributed by atoms with E-state index in [1.54, 1.807) is 38.7 Å². The van der Waals surface area contributed by atoms with Gasteiger partial charge in [-0.1, -0.05) is 6.07 Å². The van der Waals surface area contributed by atoms with Gasteiger partial charge in [-0.3, -0.25) is 4.57 Å². The summed E-state index contributed by atoms with van der Waals surface area (Å²) in [6.45, 7) is 0. The fourth-order valence-electron chi connectivity index (χ4n) is 3.29. The van der Waals surface area contributed by atoms with Crippen molar-refractivity contribution < 1.29 is 18.7 Å². The number of amides is 1. The van der Waals surface area contributed by atoms with Gasteiger partial charge in [0.15, 0.2) is 17.3 Å². The first-order chi connectivity index (χ1) is 15.0. The molecule has 0 aliphatic heterocycles. The average Bonchev–Trinajstić information content (AvgIpc) is 3.19. The second kappa shape index (κ2) is 8.23. The summed E-state index contributed by atoms with van der Waals surface area (Å²) >= 11 is 0. The van der Waals surface area contributed by atoms with Gasteiger partial charge in [-0.05, 0) is 53.2 Å². The van der Waals surface area contributed by atoms with Crippen LogP contribution in [0.15, 0.2) is 66.1 Å². The first-order valence-electron chi connectivity index (χ1n) is 9.18. The molecule has 8 nitrogen and oxygen atoms in total. The Labute approximate surface area is 176 Å². The van der Waals surface area contributed by atoms with Crippen molar-refractivity contribution >= 4 is 28.4 Å². The topological polar surface area (TPSA) is 94.8 Å². The van der Waals surface area contributed by atoms with Crippen LogP contribution in [0.1, 0.15) is 0 Å². The highest BCUT2D eigenvalue weighted by Gasteiger charge is 2.18. The van der Waals surface area contributed by atoms with Crippen molar-refractivity contribution in [2.45, 2.75) is 0 Å². The van der Waals surface area contributed by atoms with E-state index in [9.17, 15) is 14.1 Å². The number of aromatic nitrogens is 2. The number of pyridine rings is 1. The Morgan fingerprint density at radius 2 is 1.90 bits per heavy atom. The summed E-state index contributed by atoms with van der Waals surface area (Å²) < 4.78 is 25.5. The van der Waals surface area contributed by atoms with Gasteiger partial charge in [0.2, 0.25) is 0 Å². The Morgan fingerprint density at radius 1 is 1.10 bits per heavy atom. The van der Waals surface area contributed by atoms with E-state index in [0.717, 1.165) is 28.6 Å². The number of nitrogens with zero attached hydrogens (tertiary/aromatic N) is 3. The van der Waals surface area contributed by atoms with Crippen LogP contribution in [0.5, 0.6) is 11.5 Å². The third kappa shape index (κ3) is 3.68. The van der Waals surface area contributed by atoms with Crippen molar-refractivity contribution in [3.63, 3.8) is 0 Å². The molecular weight excluding hydrogens is 403 g/mol. The van der Waals surface area contributed by atoms with Crippen LogP contribution in [0.3, 0.4) is 0 Å². The number of carbonyl (C=O) groups is 1. The molecule has 1 amide bonds. The molecule has 2 aromatic heterocycles. The molecule has 0 radical (unpaired) electrons. The fraction of sp³-hybridized carbons (Fsp3) is 0.0909. The van der Waals surface area contributed by atoms with Crippen molar-refractivity contribution in [1.29, 1.82) is 0 Å². The number of carbonyl (C=O) groups excluding carboxylic acids is 1. The monoisotopic (exact) mass is 420 g/mol. The van der Waals surface area contributed by atoms with Crippen molar-refractivity contribution in [3.05, 3.63) is 71.6 Å². The van der Waals surface area contributed by atoms with Crippen molar-refractivity contribution in [1.82, 2.24) is 9.55 Å². The lowest BCUT2D eigenvalue weighted by Crippen LogP contribution is -2.18. The molecule has 0 unspecified atom stereocenters. The van der Waals surface area contributed by atoms with Crippen LogP contribution in [-0.2, 0) is 0 Å². The summed E-state index contributed by atoms with van der Waals surface area (Å²) in [6, 6.07) is 12.1. The van der Waals surface area contributed by atoms with Gasteiger partial charge in [-0.25, -0.2) is 14.2 Å². The highest BCUT2D eigenvalue weighted by molar-refractivity contribution is 6.03. The van der Waals surface area contributed by atoms with Gasteiger partial charge in [0.05, 0.1) is 14.2 Å². The van der Waals surface area contributed by atoms with E-state index in [4.69, 9.17) is 9.47 Å². The zero-order valence-electron chi connectivity index (χ0n) is 16.6. The van der Waals surface area contributed by atoms with Crippen LogP contribution in [0.2, 0.25) is 0 Å². The van der Waals surface area contributed by atoms with Gasteiger partial charge in [0.1, 0.15) is 11.3 Å². The van der Waals surface area contributed by atoms with Crippen LogP contribution >= 0.6 is 0 Å². The quantitative estimate of drug-likeness (QED) is 0.440. The normalized spacial score (nSPS) is 10.7. The van der Waals surface area contributed by atoms with Gasteiger partial charge in [-0.15, -0.1) is 4.91 Å². The minimum absolute atomic E-state index is 0.228. The smallest absolute Gasteiger partial charge is 0.331 e. The number of nitroso groups, excluding NO2 is 1. The maximum absolute atomic E-state index is 13.5. The van der Waals surface area contributed by atoms with E-state index in [2.05, 4.69) is 15.5 Å². The van der Waals surface area contributed by atoms with Crippen LogP contribution in [-0.4, -0.2) is 29.8 Å². The Kier molecular flexibility index (Phi) is 5.31.